The summed E-state index contributed by atoms with van der Waals surface area (Å²) in [4.78, 5) is 0. The zero-order chi connectivity index (χ0) is 11.5. The van der Waals surface area contributed by atoms with Crippen LogP contribution in [0.3, 0.4) is 0 Å². The van der Waals surface area contributed by atoms with Gasteiger partial charge in [-0.05, 0) is 18.7 Å². The molecule has 0 radical (unpaired) electrons. The summed E-state index contributed by atoms with van der Waals surface area (Å²) >= 11 is 7.01. The van der Waals surface area contributed by atoms with Crippen molar-refractivity contribution in [3.8, 4) is 10.6 Å². The number of rotatable bonds is 3. The Hall–Kier alpha value is -1.04. The van der Waals surface area contributed by atoms with Crippen LogP contribution in [-0.2, 0) is 6.42 Å². The third-order valence-corrected chi connectivity index (χ3v) is 3.33. The maximum Gasteiger partial charge on any atom is 0.147 e. The molecule has 1 aromatic carbocycles. The van der Waals surface area contributed by atoms with Gasteiger partial charge in [0.2, 0.25) is 0 Å². The van der Waals surface area contributed by atoms with Crippen molar-refractivity contribution in [1.82, 2.24) is 10.2 Å². The lowest BCUT2D eigenvalue weighted by atomic mass is 10.2. The standard InChI is InChI=1S/C10H9ClFN3S/c11-7-2-1-6(5-8(7)12)10-15-14-9(16-10)3-4-13/h1-2,5H,3-4,13H2. The van der Waals surface area contributed by atoms with Gasteiger partial charge in [0.15, 0.2) is 0 Å². The quantitative estimate of drug-likeness (QED) is 0.919. The highest BCUT2D eigenvalue weighted by molar-refractivity contribution is 7.14. The van der Waals surface area contributed by atoms with Gasteiger partial charge in [-0.15, -0.1) is 10.2 Å². The number of aromatic nitrogens is 2. The molecule has 0 bridgehead atoms. The highest BCUT2D eigenvalue weighted by atomic mass is 35.5. The van der Waals surface area contributed by atoms with E-state index in [-0.39, 0.29) is 5.02 Å². The van der Waals surface area contributed by atoms with Crippen LogP contribution in [0.2, 0.25) is 5.02 Å². The molecule has 0 aliphatic carbocycles. The smallest absolute Gasteiger partial charge is 0.147 e. The molecule has 0 saturated carbocycles. The van der Waals surface area contributed by atoms with Gasteiger partial charge in [-0.1, -0.05) is 29.0 Å². The van der Waals surface area contributed by atoms with Gasteiger partial charge >= 0.3 is 0 Å². The largest absolute Gasteiger partial charge is 0.330 e. The summed E-state index contributed by atoms with van der Waals surface area (Å²) in [5.74, 6) is -0.449. The van der Waals surface area contributed by atoms with E-state index in [1.165, 1.54) is 23.5 Å². The maximum atomic E-state index is 13.2. The molecule has 2 rings (SSSR count). The molecule has 1 heterocycles. The third kappa shape index (κ3) is 2.37. The molecule has 0 spiro atoms. The lowest BCUT2D eigenvalue weighted by Crippen LogP contribution is -2.01. The van der Waals surface area contributed by atoms with Crippen molar-refractivity contribution in [2.24, 2.45) is 5.73 Å². The maximum absolute atomic E-state index is 13.2. The van der Waals surface area contributed by atoms with Crippen LogP contribution in [-0.4, -0.2) is 16.7 Å². The Morgan fingerprint density at radius 3 is 2.88 bits per heavy atom. The number of nitrogens with two attached hydrogens (primary N) is 1. The summed E-state index contributed by atoms with van der Waals surface area (Å²) in [5, 5.41) is 9.59. The van der Waals surface area contributed by atoms with E-state index in [0.717, 1.165) is 5.01 Å². The Morgan fingerprint density at radius 1 is 1.38 bits per heavy atom. The monoisotopic (exact) mass is 257 g/mol. The molecule has 0 aliphatic heterocycles. The van der Waals surface area contributed by atoms with Crippen LogP contribution >= 0.6 is 22.9 Å². The van der Waals surface area contributed by atoms with Crippen LogP contribution in [0.15, 0.2) is 18.2 Å². The first-order valence-electron chi connectivity index (χ1n) is 4.68. The average Bonchev–Trinajstić information content (AvgIpc) is 2.71. The van der Waals surface area contributed by atoms with Gasteiger partial charge in [0, 0.05) is 12.0 Å². The van der Waals surface area contributed by atoms with Crippen LogP contribution in [0, 0.1) is 5.82 Å². The Morgan fingerprint density at radius 2 is 2.19 bits per heavy atom. The molecule has 2 aromatic rings. The number of halogens is 2. The van der Waals surface area contributed by atoms with Gasteiger partial charge in [-0.3, -0.25) is 0 Å². The lowest BCUT2D eigenvalue weighted by molar-refractivity contribution is 0.629. The second kappa shape index (κ2) is 4.86. The van der Waals surface area contributed by atoms with E-state index in [1.807, 2.05) is 0 Å². The molecule has 1 aromatic heterocycles. The first kappa shape index (κ1) is 11.4. The number of hydrogen-bond acceptors (Lipinski definition) is 4. The van der Waals surface area contributed by atoms with E-state index < -0.39 is 5.82 Å². The Labute approximate surface area is 101 Å². The first-order chi connectivity index (χ1) is 7.70. The van der Waals surface area contributed by atoms with Crippen LogP contribution in [0.5, 0.6) is 0 Å². The SMILES string of the molecule is NCCc1nnc(-c2ccc(Cl)c(F)c2)s1. The van der Waals surface area contributed by atoms with Crippen molar-refractivity contribution in [2.45, 2.75) is 6.42 Å². The summed E-state index contributed by atoms with van der Waals surface area (Å²) in [6, 6.07) is 4.59. The van der Waals surface area contributed by atoms with Crippen molar-refractivity contribution in [2.75, 3.05) is 6.54 Å². The van der Waals surface area contributed by atoms with E-state index in [0.29, 0.717) is 23.5 Å². The third-order valence-electron chi connectivity index (χ3n) is 1.99. The summed E-state index contributed by atoms with van der Waals surface area (Å²) in [6.07, 6.45) is 0.688. The van der Waals surface area contributed by atoms with Crippen LogP contribution < -0.4 is 5.73 Å². The van der Waals surface area contributed by atoms with E-state index in [1.54, 1.807) is 6.07 Å². The van der Waals surface area contributed by atoms with Gasteiger partial charge in [0.1, 0.15) is 15.8 Å². The minimum atomic E-state index is -0.449. The second-order valence-corrected chi connectivity index (χ2v) is 4.64. The molecule has 84 valence electrons. The molecule has 6 heteroatoms. The van der Waals surface area contributed by atoms with Gasteiger partial charge in [-0.2, -0.15) is 0 Å². The summed E-state index contributed by atoms with van der Waals surface area (Å²) in [6.45, 7) is 0.531. The molecule has 16 heavy (non-hydrogen) atoms. The second-order valence-electron chi connectivity index (χ2n) is 3.17. The zero-order valence-corrected chi connectivity index (χ0v) is 9.85. The lowest BCUT2D eigenvalue weighted by Gasteiger charge is -1.96. The normalized spacial score (nSPS) is 10.7. The Kier molecular flexibility index (Phi) is 3.48. The summed E-state index contributed by atoms with van der Waals surface area (Å²) in [5.41, 5.74) is 6.10. The molecular formula is C10H9ClFN3S. The number of benzene rings is 1. The van der Waals surface area contributed by atoms with Crippen molar-refractivity contribution in [3.05, 3.63) is 34.0 Å². The fraction of sp³-hybridized carbons (Fsp3) is 0.200. The highest BCUT2D eigenvalue weighted by Crippen LogP contribution is 2.26. The zero-order valence-electron chi connectivity index (χ0n) is 8.28. The predicted molar refractivity (Wildman–Crippen MR) is 63.1 cm³/mol. The summed E-state index contributed by atoms with van der Waals surface area (Å²) in [7, 11) is 0. The molecule has 0 aliphatic rings. The molecule has 0 unspecified atom stereocenters. The Balaban J connectivity index is 2.31. The first-order valence-corrected chi connectivity index (χ1v) is 5.88. The van der Waals surface area contributed by atoms with E-state index in [4.69, 9.17) is 17.3 Å². The minimum absolute atomic E-state index is 0.107. The van der Waals surface area contributed by atoms with Crippen molar-refractivity contribution < 1.29 is 4.39 Å². The molecule has 0 amide bonds. The number of hydrogen-bond donors (Lipinski definition) is 1. The average molecular weight is 258 g/mol. The topological polar surface area (TPSA) is 51.8 Å². The fourth-order valence-electron chi connectivity index (χ4n) is 1.22. The minimum Gasteiger partial charge on any atom is -0.330 e. The van der Waals surface area contributed by atoms with Gasteiger partial charge < -0.3 is 5.73 Å². The van der Waals surface area contributed by atoms with Crippen molar-refractivity contribution in [1.29, 1.82) is 0 Å². The van der Waals surface area contributed by atoms with Gasteiger partial charge in [0.05, 0.1) is 5.02 Å². The van der Waals surface area contributed by atoms with E-state index in [2.05, 4.69) is 10.2 Å². The van der Waals surface area contributed by atoms with Crippen LogP contribution in [0.1, 0.15) is 5.01 Å². The molecule has 0 fully saturated rings. The summed E-state index contributed by atoms with van der Waals surface area (Å²) < 4.78 is 13.2. The van der Waals surface area contributed by atoms with Crippen molar-refractivity contribution >= 4 is 22.9 Å². The molecule has 3 nitrogen and oxygen atoms in total. The molecule has 0 saturated heterocycles. The molecule has 2 N–H and O–H groups in total. The van der Waals surface area contributed by atoms with E-state index >= 15 is 0 Å². The van der Waals surface area contributed by atoms with Crippen LogP contribution in [0.4, 0.5) is 4.39 Å². The highest BCUT2D eigenvalue weighted by Gasteiger charge is 2.08. The molecule has 0 atom stereocenters. The fourth-order valence-corrected chi connectivity index (χ4v) is 2.19. The van der Waals surface area contributed by atoms with Gasteiger partial charge in [0.25, 0.3) is 0 Å². The van der Waals surface area contributed by atoms with E-state index in [9.17, 15) is 4.39 Å². The van der Waals surface area contributed by atoms with Crippen LogP contribution in [0.25, 0.3) is 10.6 Å². The number of nitrogens with zero attached hydrogens (tertiary/aromatic N) is 2. The Bertz CT molecular complexity index is 501. The van der Waals surface area contributed by atoms with Gasteiger partial charge in [-0.25, -0.2) is 4.39 Å². The predicted octanol–water partition coefficient (Wildman–Crippen LogP) is 2.50. The van der Waals surface area contributed by atoms with Crippen molar-refractivity contribution in [3.63, 3.8) is 0 Å². The molecular weight excluding hydrogens is 249 g/mol.